The summed E-state index contributed by atoms with van der Waals surface area (Å²) in [5.74, 6) is 1.27. The normalized spacial score (nSPS) is 20.7. The van der Waals surface area contributed by atoms with Gasteiger partial charge in [0.05, 0.1) is 17.1 Å². The van der Waals surface area contributed by atoms with Crippen LogP contribution in [0.3, 0.4) is 0 Å². The highest BCUT2D eigenvalue weighted by Gasteiger charge is 2.49. The summed E-state index contributed by atoms with van der Waals surface area (Å²) in [6.07, 6.45) is 1.46. The lowest BCUT2D eigenvalue weighted by molar-refractivity contribution is -0.131. The number of thiophene rings is 1. The third-order valence-corrected chi connectivity index (χ3v) is 5.69. The zero-order chi connectivity index (χ0) is 19.3. The van der Waals surface area contributed by atoms with E-state index in [2.05, 4.69) is 10.3 Å². The van der Waals surface area contributed by atoms with Crippen LogP contribution in [0, 0.1) is 0 Å². The Morgan fingerprint density at radius 2 is 2.11 bits per heavy atom. The van der Waals surface area contributed by atoms with Crippen molar-refractivity contribution >= 4 is 23.3 Å². The molecule has 3 aromatic rings. The second kappa shape index (κ2) is 6.10. The molecule has 28 heavy (non-hydrogen) atoms. The predicted octanol–water partition coefficient (Wildman–Crippen LogP) is 3.10. The molecule has 2 aromatic heterocycles. The number of carbonyl (C=O) groups excluding carboxylic acids is 2. The third kappa shape index (κ3) is 2.55. The van der Waals surface area contributed by atoms with Gasteiger partial charge in [-0.05, 0) is 36.1 Å². The Hall–Kier alpha value is -3.33. The Bertz CT molecular complexity index is 1080. The van der Waals surface area contributed by atoms with Gasteiger partial charge in [0, 0.05) is 0 Å². The summed E-state index contributed by atoms with van der Waals surface area (Å²) in [5.41, 5.74) is -0.0721. The number of benzene rings is 1. The number of rotatable bonds is 4. The Morgan fingerprint density at radius 1 is 1.25 bits per heavy atom. The van der Waals surface area contributed by atoms with Gasteiger partial charge in [0.1, 0.15) is 11.8 Å². The average Bonchev–Trinajstić information content (AvgIpc) is 3.47. The van der Waals surface area contributed by atoms with E-state index in [4.69, 9.17) is 13.9 Å². The average molecular weight is 397 g/mol. The third-order valence-electron chi connectivity index (χ3n) is 4.83. The largest absolute Gasteiger partial charge is 0.454 e. The molecule has 0 saturated carbocycles. The molecule has 2 aliphatic rings. The molecule has 2 aliphatic heterocycles. The highest BCUT2D eigenvalue weighted by atomic mass is 32.1. The molecule has 142 valence electrons. The highest BCUT2D eigenvalue weighted by Crippen LogP contribution is 2.38. The molecule has 9 heteroatoms. The van der Waals surface area contributed by atoms with E-state index in [9.17, 15) is 9.59 Å². The smallest absolute Gasteiger partial charge is 0.325 e. The Labute approximate surface area is 163 Å². The molecule has 0 aliphatic carbocycles. The van der Waals surface area contributed by atoms with Crippen molar-refractivity contribution in [1.82, 2.24) is 15.2 Å². The van der Waals surface area contributed by atoms with Gasteiger partial charge < -0.3 is 19.2 Å². The molecule has 0 unspecified atom stereocenters. The maximum absolute atomic E-state index is 13.1. The van der Waals surface area contributed by atoms with Crippen molar-refractivity contribution in [2.75, 3.05) is 6.79 Å². The van der Waals surface area contributed by atoms with Gasteiger partial charge in [-0.15, -0.1) is 11.3 Å². The Balaban J connectivity index is 1.40. The molecule has 5 rings (SSSR count). The van der Waals surface area contributed by atoms with Gasteiger partial charge in [-0.25, -0.2) is 9.78 Å². The summed E-state index contributed by atoms with van der Waals surface area (Å²) >= 11 is 1.50. The minimum Gasteiger partial charge on any atom is -0.454 e. The van der Waals surface area contributed by atoms with E-state index < -0.39 is 11.6 Å². The molecule has 1 N–H and O–H groups in total. The number of oxazole rings is 1. The van der Waals surface area contributed by atoms with Crippen LogP contribution in [0.5, 0.6) is 11.5 Å². The number of hydrogen-bond donors (Lipinski definition) is 1. The van der Waals surface area contributed by atoms with Crippen LogP contribution in [0.2, 0.25) is 0 Å². The topological polar surface area (TPSA) is 93.9 Å². The molecule has 4 heterocycles. The van der Waals surface area contributed by atoms with E-state index in [1.165, 1.54) is 17.6 Å². The Morgan fingerprint density at radius 3 is 2.93 bits per heavy atom. The van der Waals surface area contributed by atoms with Crippen LogP contribution >= 0.6 is 11.3 Å². The van der Waals surface area contributed by atoms with E-state index in [0.717, 1.165) is 9.78 Å². The van der Waals surface area contributed by atoms with E-state index in [1.807, 2.05) is 17.5 Å². The molecule has 0 bridgehead atoms. The van der Waals surface area contributed by atoms with Crippen LogP contribution in [0.1, 0.15) is 18.2 Å². The lowest BCUT2D eigenvalue weighted by atomic mass is 9.91. The van der Waals surface area contributed by atoms with Gasteiger partial charge in [-0.1, -0.05) is 12.1 Å². The van der Waals surface area contributed by atoms with Crippen molar-refractivity contribution in [3.8, 4) is 22.3 Å². The van der Waals surface area contributed by atoms with Gasteiger partial charge in [0.25, 0.3) is 5.91 Å². The molecule has 8 nitrogen and oxygen atoms in total. The van der Waals surface area contributed by atoms with E-state index in [1.54, 1.807) is 25.1 Å². The summed E-state index contributed by atoms with van der Waals surface area (Å²) in [5, 5.41) is 4.70. The summed E-state index contributed by atoms with van der Waals surface area (Å²) in [4.78, 5) is 32.0. The fraction of sp³-hybridized carbons (Fsp3) is 0.211. The van der Waals surface area contributed by atoms with Crippen molar-refractivity contribution in [2.45, 2.75) is 19.0 Å². The summed E-state index contributed by atoms with van der Waals surface area (Å²) in [6.45, 7) is 1.84. The maximum atomic E-state index is 13.1. The number of imide groups is 1. The first kappa shape index (κ1) is 16.8. The number of fused-ring (bicyclic) bond motifs is 1. The van der Waals surface area contributed by atoms with Gasteiger partial charge in [-0.2, -0.15) is 0 Å². The van der Waals surface area contributed by atoms with Crippen molar-refractivity contribution in [3.05, 3.63) is 53.2 Å². The number of nitrogens with one attached hydrogen (secondary N) is 1. The fourth-order valence-corrected chi connectivity index (χ4v) is 3.95. The standard InChI is InChI=1S/C19H15N3O5S/c1-19(11-4-5-13-14(7-11)27-10-26-13)17(23)22(18(24)21-19)8-12-9-25-16(20-12)15-3-2-6-28-15/h2-7,9H,8,10H2,1H3,(H,21,24)/t19-/m1/s1. The van der Waals surface area contributed by atoms with Gasteiger partial charge in [-0.3, -0.25) is 9.69 Å². The molecule has 1 fully saturated rings. The number of urea groups is 1. The minimum atomic E-state index is -1.20. The summed E-state index contributed by atoms with van der Waals surface area (Å²) < 4.78 is 16.2. The first-order valence-electron chi connectivity index (χ1n) is 8.57. The number of ether oxygens (including phenoxy) is 2. The highest BCUT2D eigenvalue weighted by molar-refractivity contribution is 7.13. The van der Waals surface area contributed by atoms with Crippen molar-refractivity contribution in [3.63, 3.8) is 0 Å². The number of amides is 3. The molecule has 1 saturated heterocycles. The fourth-order valence-electron chi connectivity index (χ4n) is 3.30. The first-order valence-corrected chi connectivity index (χ1v) is 9.45. The molecule has 1 atom stereocenters. The van der Waals surface area contributed by atoms with Crippen LogP contribution in [0.25, 0.3) is 10.8 Å². The van der Waals surface area contributed by atoms with Crippen LogP contribution in [-0.2, 0) is 16.9 Å². The van der Waals surface area contributed by atoms with Gasteiger partial charge in [0.2, 0.25) is 12.7 Å². The molecule has 0 radical (unpaired) electrons. The van der Waals surface area contributed by atoms with Crippen LogP contribution in [-0.4, -0.2) is 28.6 Å². The van der Waals surface area contributed by atoms with Gasteiger partial charge in [0.15, 0.2) is 11.5 Å². The molecular weight excluding hydrogens is 382 g/mol. The number of nitrogens with zero attached hydrogens (tertiary/aromatic N) is 2. The van der Waals surface area contributed by atoms with Crippen molar-refractivity contribution in [1.29, 1.82) is 0 Å². The van der Waals surface area contributed by atoms with Crippen LogP contribution in [0.4, 0.5) is 4.79 Å². The predicted molar refractivity (Wildman–Crippen MR) is 98.8 cm³/mol. The van der Waals surface area contributed by atoms with Crippen LogP contribution in [0.15, 0.2) is 46.4 Å². The maximum Gasteiger partial charge on any atom is 0.325 e. The second-order valence-electron chi connectivity index (χ2n) is 6.64. The lowest BCUT2D eigenvalue weighted by Gasteiger charge is -2.22. The molecule has 0 spiro atoms. The van der Waals surface area contributed by atoms with Crippen molar-refractivity contribution in [2.24, 2.45) is 0 Å². The Kier molecular flexibility index (Phi) is 3.66. The van der Waals surface area contributed by atoms with E-state index >= 15 is 0 Å². The number of carbonyl (C=O) groups is 2. The number of aromatic nitrogens is 1. The summed E-state index contributed by atoms with van der Waals surface area (Å²) in [6, 6.07) is 8.51. The van der Waals surface area contributed by atoms with Crippen molar-refractivity contribution < 1.29 is 23.5 Å². The SMILES string of the molecule is C[C@]1(c2ccc3c(c2)OCO3)NC(=O)N(Cc2coc(-c3cccs3)n2)C1=O. The number of hydrogen-bond acceptors (Lipinski definition) is 7. The first-order chi connectivity index (χ1) is 13.5. The lowest BCUT2D eigenvalue weighted by Crippen LogP contribution is -2.40. The van der Waals surface area contributed by atoms with Crippen LogP contribution < -0.4 is 14.8 Å². The zero-order valence-corrected chi connectivity index (χ0v) is 15.6. The molecule has 1 aromatic carbocycles. The van der Waals surface area contributed by atoms with E-state index in [-0.39, 0.29) is 19.2 Å². The quantitative estimate of drug-likeness (QED) is 0.680. The molecule has 3 amide bonds. The molecular formula is C19H15N3O5S. The second-order valence-corrected chi connectivity index (χ2v) is 7.58. The zero-order valence-electron chi connectivity index (χ0n) is 14.8. The minimum absolute atomic E-state index is 0.0275. The monoisotopic (exact) mass is 397 g/mol. The van der Waals surface area contributed by atoms with E-state index in [0.29, 0.717) is 28.6 Å². The van der Waals surface area contributed by atoms with Gasteiger partial charge >= 0.3 is 6.03 Å². The summed E-state index contributed by atoms with van der Waals surface area (Å²) in [7, 11) is 0.